The largest absolute Gasteiger partial charge is 0.497 e. The number of para-hydroxylation sites is 1. The minimum Gasteiger partial charge on any atom is -0.497 e. The Balaban J connectivity index is 1.36. The highest BCUT2D eigenvalue weighted by atomic mass is 16.5. The van der Waals surface area contributed by atoms with Gasteiger partial charge < -0.3 is 20.1 Å². The lowest BCUT2D eigenvalue weighted by molar-refractivity contribution is -0.127. The van der Waals surface area contributed by atoms with Crippen LogP contribution in [0.4, 0.5) is 0 Å². The van der Waals surface area contributed by atoms with Crippen LogP contribution in [0.1, 0.15) is 17.5 Å². The molecule has 0 heterocycles. The Labute approximate surface area is 171 Å². The first-order valence-electron chi connectivity index (χ1n) is 9.92. The zero-order valence-electron chi connectivity index (χ0n) is 16.9. The second-order valence-corrected chi connectivity index (χ2v) is 7.19. The molecule has 0 aromatic heterocycles. The van der Waals surface area contributed by atoms with E-state index in [-0.39, 0.29) is 23.7 Å². The van der Waals surface area contributed by atoms with Crippen LogP contribution < -0.4 is 20.1 Å². The van der Waals surface area contributed by atoms with Gasteiger partial charge in [0.1, 0.15) is 11.5 Å². The first-order valence-corrected chi connectivity index (χ1v) is 9.92. The summed E-state index contributed by atoms with van der Waals surface area (Å²) in [7, 11) is 3.27. The average molecular weight is 396 g/mol. The van der Waals surface area contributed by atoms with Crippen molar-refractivity contribution in [1.82, 2.24) is 10.6 Å². The van der Waals surface area contributed by atoms with Gasteiger partial charge in [-0.25, -0.2) is 0 Å². The molecule has 2 amide bonds. The summed E-state index contributed by atoms with van der Waals surface area (Å²) in [5.74, 6) is 1.10. The van der Waals surface area contributed by atoms with Gasteiger partial charge >= 0.3 is 0 Å². The molecule has 2 atom stereocenters. The third-order valence-electron chi connectivity index (χ3n) is 5.20. The van der Waals surface area contributed by atoms with Crippen molar-refractivity contribution < 1.29 is 19.1 Å². The highest BCUT2D eigenvalue weighted by molar-refractivity contribution is 5.92. The van der Waals surface area contributed by atoms with Crippen LogP contribution in [0, 0.1) is 11.8 Å². The number of carbonyl (C=O) groups is 2. The van der Waals surface area contributed by atoms with Crippen molar-refractivity contribution in [3.63, 3.8) is 0 Å². The van der Waals surface area contributed by atoms with Crippen LogP contribution in [-0.2, 0) is 22.4 Å². The topological polar surface area (TPSA) is 76.7 Å². The number of methoxy groups -OCH3 is 2. The molecule has 0 bridgehead atoms. The molecule has 154 valence electrons. The van der Waals surface area contributed by atoms with E-state index in [9.17, 15) is 9.59 Å². The normalized spacial score (nSPS) is 17.3. The Bertz CT molecular complexity index is 852. The van der Waals surface area contributed by atoms with Crippen molar-refractivity contribution in [3.8, 4) is 11.5 Å². The zero-order valence-corrected chi connectivity index (χ0v) is 16.9. The van der Waals surface area contributed by atoms with E-state index in [1.807, 2.05) is 48.5 Å². The van der Waals surface area contributed by atoms with Crippen molar-refractivity contribution in [1.29, 1.82) is 0 Å². The Hall–Kier alpha value is -3.02. The zero-order chi connectivity index (χ0) is 20.6. The standard InChI is InChI=1S/C23H28N2O4/c1-28-18-8-5-6-16(14-18)10-12-24-22(26)19-15-20(19)23(27)25-13-11-17-7-3-4-9-21(17)29-2/h3-9,14,19-20H,10-13,15H2,1-2H3,(H,24,26)(H,25,27). The van der Waals surface area contributed by atoms with Gasteiger partial charge in [-0.2, -0.15) is 0 Å². The molecule has 1 saturated carbocycles. The molecule has 6 nitrogen and oxygen atoms in total. The van der Waals surface area contributed by atoms with Gasteiger partial charge in [0.2, 0.25) is 11.8 Å². The van der Waals surface area contributed by atoms with Gasteiger partial charge in [-0.1, -0.05) is 30.3 Å². The lowest BCUT2D eigenvalue weighted by atomic mass is 10.1. The summed E-state index contributed by atoms with van der Waals surface area (Å²) in [5.41, 5.74) is 2.16. The van der Waals surface area contributed by atoms with Gasteiger partial charge in [0.05, 0.1) is 26.1 Å². The molecular formula is C23H28N2O4. The van der Waals surface area contributed by atoms with Crippen molar-refractivity contribution >= 4 is 11.8 Å². The molecule has 0 saturated heterocycles. The molecule has 1 aliphatic rings. The van der Waals surface area contributed by atoms with Crippen LogP contribution in [0.5, 0.6) is 11.5 Å². The average Bonchev–Trinajstić information content (AvgIpc) is 3.55. The van der Waals surface area contributed by atoms with Crippen molar-refractivity contribution in [2.24, 2.45) is 11.8 Å². The van der Waals surface area contributed by atoms with E-state index in [1.165, 1.54) is 0 Å². The predicted molar refractivity (Wildman–Crippen MR) is 111 cm³/mol. The molecule has 6 heteroatoms. The number of amides is 2. The van der Waals surface area contributed by atoms with Gasteiger partial charge in [-0.15, -0.1) is 0 Å². The first-order chi connectivity index (χ1) is 14.1. The lowest BCUT2D eigenvalue weighted by Gasteiger charge is -2.09. The third-order valence-corrected chi connectivity index (χ3v) is 5.20. The summed E-state index contributed by atoms with van der Waals surface area (Å²) in [6, 6.07) is 15.6. The summed E-state index contributed by atoms with van der Waals surface area (Å²) in [6.45, 7) is 1.07. The Morgan fingerprint density at radius 3 is 2.28 bits per heavy atom. The van der Waals surface area contributed by atoms with Crippen LogP contribution in [0.3, 0.4) is 0 Å². The quantitative estimate of drug-likeness (QED) is 0.646. The molecule has 0 radical (unpaired) electrons. The number of nitrogens with one attached hydrogen (secondary N) is 2. The van der Waals surface area contributed by atoms with E-state index in [2.05, 4.69) is 10.6 Å². The summed E-state index contributed by atoms with van der Waals surface area (Å²) in [5, 5.41) is 5.87. The lowest BCUT2D eigenvalue weighted by Crippen LogP contribution is -2.32. The number of carbonyl (C=O) groups excluding carboxylic acids is 2. The van der Waals surface area contributed by atoms with E-state index in [0.29, 0.717) is 25.9 Å². The molecule has 1 aliphatic carbocycles. The monoisotopic (exact) mass is 396 g/mol. The number of rotatable bonds is 10. The molecular weight excluding hydrogens is 368 g/mol. The second-order valence-electron chi connectivity index (χ2n) is 7.19. The van der Waals surface area contributed by atoms with Crippen LogP contribution in [-0.4, -0.2) is 39.1 Å². The fraction of sp³-hybridized carbons (Fsp3) is 0.391. The third kappa shape index (κ3) is 5.73. The fourth-order valence-corrected chi connectivity index (χ4v) is 3.42. The number of ether oxygens (including phenoxy) is 2. The SMILES string of the molecule is COc1cccc(CCNC(=O)C2CC2C(=O)NCCc2ccccc2OC)c1. The number of hydrogen-bond donors (Lipinski definition) is 2. The molecule has 2 aromatic carbocycles. The summed E-state index contributed by atoms with van der Waals surface area (Å²) >= 11 is 0. The Morgan fingerprint density at radius 1 is 0.897 bits per heavy atom. The van der Waals surface area contributed by atoms with E-state index in [4.69, 9.17) is 9.47 Å². The highest BCUT2D eigenvalue weighted by Crippen LogP contribution is 2.38. The molecule has 0 spiro atoms. The van der Waals surface area contributed by atoms with Crippen LogP contribution in [0.15, 0.2) is 48.5 Å². The molecule has 3 rings (SSSR count). The maximum absolute atomic E-state index is 12.3. The minimum atomic E-state index is -0.218. The maximum Gasteiger partial charge on any atom is 0.223 e. The molecule has 29 heavy (non-hydrogen) atoms. The van der Waals surface area contributed by atoms with Crippen molar-refractivity contribution in [2.75, 3.05) is 27.3 Å². The number of hydrogen-bond acceptors (Lipinski definition) is 4. The highest BCUT2D eigenvalue weighted by Gasteiger charge is 2.47. The van der Waals surface area contributed by atoms with Gasteiger partial charge in [0.25, 0.3) is 0 Å². The Kier molecular flexibility index (Phi) is 7.11. The van der Waals surface area contributed by atoms with E-state index < -0.39 is 0 Å². The fourth-order valence-electron chi connectivity index (χ4n) is 3.42. The van der Waals surface area contributed by atoms with E-state index in [1.54, 1.807) is 14.2 Å². The van der Waals surface area contributed by atoms with Gasteiger partial charge in [-0.05, 0) is 48.6 Å². The van der Waals surface area contributed by atoms with Gasteiger partial charge in [0.15, 0.2) is 0 Å². The minimum absolute atomic E-state index is 0.0437. The smallest absolute Gasteiger partial charge is 0.223 e. The summed E-state index contributed by atoms with van der Waals surface area (Å²) in [6.07, 6.45) is 2.04. The van der Waals surface area contributed by atoms with Crippen LogP contribution in [0.25, 0.3) is 0 Å². The first kappa shape index (κ1) is 20.7. The molecule has 2 N–H and O–H groups in total. The maximum atomic E-state index is 12.3. The van der Waals surface area contributed by atoms with Crippen LogP contribution in [0.2, 0.25) is 0 Å². The Morgan fingerprint density at radius 2 is 1.59 bits per heavy atom. The van der Waals surface area contributed by atoms with Crippen molar-refractivity contribution in [3.05, 3.63) is 59.7 Å². The second kappa shape index (κ2) is 9.96. The molecule has 2 aromatic rings. The predicted octanol–water partition coefficient (Wildman–Crippen LogP) is 2.36. The van der Waals surface area contributed by atoms with Gasteiger partial charge in [-0.3, -0.25) is 9.59 Å². The van der Waals surface area contributed by atoms with Gasteiger partial charge in [0, 0.05) is 13.1 Å². The summed E-state index contributed by atoms with van der Waals surface area (Å²) < 4.78 is 10.5. The molecule has 2 unspecified atom stereocenters. The van der Waals surface area contributed by atoms with Crippen molar-refractivity contribution in [2.45, 2.75) is 19.3 Å². The summed E-state index contributed by atoms with van der Waals surface area (Å²) in [4.78, 5) is 24.6. The van der Waals surface area contributed by atoms with E-state index >= 15 is 0 Å². The molecule has 0 aliphatic heterocycles. The van der Waals surface area contributed by atoms with Crippen LogP contribution >= 0.6 is 0 Å². The number of benzene rings is 2. The molecule has 1 fully saturated rings. The van der Waals surface area contributed by atoms with E-state index in [0.717, 1.165) is 29.0 Å².